The monoisotopic (exact) mass is 536 g/mol. The predicted octanol–water partition coefficient (Wildman–Crippen LogP) is 4.83. The van der Waals surface area contributed by atoms with Crippen molar-refractivity contribution < 1.29 is 28.5 Å². The SMILES string of the molecule is O=C(Cc1ccccc1)Nc1cc(OC[C@]2(O)CCN(c3c(F)cc(Cl)cc3F)C[C@H]2O)ccc1Cl. The van der Waals surface area contributed by atoms with Crippen LogP contribution in [0.25, 0.3) is 0 Å². The molecule has 0 unspecified atom stereocenters. The highest BCUT2D eigenvalue weighted by atomic mass is 35.5. The maximum absolute atomic E-state index is 14.3. The van der Waals surface area contributed by atoms with E-state index in [1.165, 1.54) is 11.0 Å². The average molecular weight is 537 g/mol. The number of ether oxygens (including phenoxy) is 1. The zero-order chi connectivity index (χ0) is 25.9. The van der Waals surface area contributed by atoms with Gasteiger partial charge in [0.2, 0.25) is 5.91 Å². The number of halogens is 4. The Kier molecular flexibility index (Phi) is 8.00. The fourth-order valence-corrected chi connectivity index (χ4v) is 4.40. The Bertz CT molecular complexity index is 1220. The first kappa shape index (κ1) is 26.2. The van der Waals surface area contributed by atoms with Gasteiger partial charge in [-0.05, 0) is 36.2 Å². The lowest BCUT2D eigenvalue weighted by molar-refractivity contribution is -0.115. The van der Waals surface area contributed by atoms with Crippen molar-refractivity contribution in [3.63, 3.8) is 0 Å². The van der Waals surface area contributed by atoms with Gasteiger partial charge in [0.05, 0.1) is 17.1 Å². The molecule has 3 aromatic carbocycles. The van der Waals surface area contributed by atoms with E-state index in [0.717, 1.165) is 17.7 Å². The molecule has 3 N–H and O–H groups in total. The lowest BCUT2D eigenvalue weighted by Gasteiger charge is -2.42. The highest BCUT2D eigenvalue weighted by Gasteiger charge is 2.42. The van der Waals surface area contributed by atoms with Gasteiger partial charge in [-0.15, -0.1) is 0 Å². The largest absolute Gasteiger partial charge is 0.490 e. The predicted molar refractivity (Wildman–Crippen MR) is 135 cm³/mol. The third-order valence-electron chi connectivity index (χ3n) is 6.03. The molecule has 3 aromatic rings. The van der Waals surface area contributed by atoms with Crippen molar-refractivity contribution in [2.45, 2.75) is 24.5 Å². The second-order valence-electron chi connectivity index (χ2n) is 8.67. The zero-order valence-corrected chi connectivity index (χ0v) is 20.6. The molecule has 1 aliphatic heterocycles. The second-order valence-corrected chi connectivity index (χ2v) is 9.52. The molecule has 36 heavy (non-hydrogen) atoms. The molecule has 190 valence electrons. The summed E-state index contributed by atoms with van der Waals surface area (Å²) in [5.41, 5.74) is -0.785. The van der Waals surface area contributed by atoms with Crippen molar-refractivity contribution >= 4 is 40.5 Å². The minimum absolute atomic E-state index is 0.00999. The lowest BCUT2D eigenvalue weighted by Crippen LogP contribution is -2.58. The third-order valence-corrected chi connectivity index (χ3v) is 6.58. The Hall–Kier alpha value is -2.91. The molecule has 1 saturated heterocycles. The molecule has 0 saturated carbocycles. The van der Waals surface area contributed by atoms with E-state index in [9.17, 15) is 23.8 Å². The van der Waals surface area contributed by atoms with E-state index < -0.39 is 23.3 Å². The number of carbonyl (C=O) groups excluding carboxylic acids is 1. The summed E-state index contributed by atoms with van der Waals surface area (Å²) < 4.78 is 34.3. The van der Waals surface area contributed by atoms with Crippen LogP contribution in [-0.4, -0.2) is 47.5 Å². The number of amides is 1. The van der Waals surface area contributed by atoms with Gasteiger partial charge in [0.25, 0.3) is 0 Å². The fraction of sp³-hybridized carbons (Fsp3) is 0.269. The highest BCUT2D eigenvalue weighted by Crippen LogP contribution is 2.33. The van der Waals surface area contributed by atoms with Crippen LogP contribution in [0.15, 0.2) is 60.7 Å². The van der Waals surface area contributed by atoms with Gasteiger partial charge in [0.15, 0.2) is 11.6 Å². The number of rotatable bonds is 7. The van der Waals surface area contributed by atoms with E-state index in [1.54, 1.807) is 12.1 Å². The maximum Gasteiger partial charge on any atom is 0.228 e. The maximum atomic E-state index is 14.3. The van der Waals surface area contributed by atoms with Gasteiger partial charge in [0, 0.05) is 24.2 Å². The van der Waals surface area contributed by atoms with Gasteiger partial charge >= 0.3 is 0 Å². The molecular weight excluding hydrogens is 513 g/mol. The number of carbonyl (C=O) groups is 1. The molecule has 1 heterocycles. The van der Waals surface area contributed by atoms with Crippen LogP contribution in [0, 0.1) is 11.6 Å². The van der Waals surface area contributed by atoms with Crippen LogP contribution in [0.4, 0.5) is 20.2 Å². The Morgan fingerprint density at radius 2 is 1.81 bits per heavy atom. The Labute approximate surface area is 217 Å². The van der Waals surface area contributed by atoms with Crippen LogP contribution in [0.5, 0.6) is 5.75 Å². The second kappa shape index (κ2) is 11.0. The molecule has 2 atom stereocenters. The van der Waals surface area contributed by atoms with Gasteiger partial charge < -0.3 is 25.2 Å². The summed E-state index contributed by atoms with van der Waals surface area (Å²) in [5.74, 6) is -1.65. The highest BCUT2D eigenvalue weighted by molar-refractivity contribution is 6.33. The molecule has 0 aromatic heterocycles. The molecular formula is C26H24Cl2F2N2O4. The van der Waals surface area contributed by atoms with Crippen molar-refractivity contribution in [1.29, 1.82) is 0 Å². The van der Waals surface area contributed by atoms with Crippen LogP contribution in [-0.2, 0) is 11.2 Å². The van der Waals surface area contributed by atoms with Gasteiger partial charge in [-0.25, -0.2) is 8.78 Å². The molecule has 6 nitrogen and oxygen atoms in total. The Balaban J connectivity index is 1.38. The van der Waals surface area contributed by atoms with E-state index in [1.807, 2.05) is 30.3 Å². The molecule has 10 heteroatoms. The number of hydrogen-bond donors (Lipinski definition) is 3. The molecule has 0 radical (unpaired) electrons. The first-order valence-electron chi connectivity index (χ1n) is 11.2. The van der Waals surface area contributed by atoms with E-state index in [2.05, 4.69) is 5.32 Å². The van der Waals surface area contributed by atoms with Gasteiger partial charge in [-0.3, -0.25) is 4.79 Å². The number of nitrogens with zero attached hydrogens (tertiary/aromatic N) is 1. The number of piperidine rings is 1. The van der Waals surface area contributed by atoms with Crippen molar-refractivity contribution in [1.82, 2.24) is 0 Å². The van der Waals surface area contributed by atoms with Gasteiger partial charge in [-0.1, -0.05) is 53.5 Å². The van der Waals surface area contributed by atoms with Crippen LogP contribution in [0.2, 0.25) is 10.0 Å². The zero-order valence-electron chi connectivity index (χ0n) is 19.1. The first-order chi connectivity index (χ1) is 17.1. The van der Waals surface area contributed by atoms with E-state index in [-0.39, 0.29) is 49.2 Å². The number of nitrogens with one attached hydrogen (secondary N) is 1. The standard InChI is InChI=1S/C26H24Cl2F2N2O4/c27-17-11-20(29)25(21(30)12-17)32-9-8-26(35,23(33)14-32)15-36-18-6-7-19(28)22(13-18)31-24(34)10-16-4-2-1-3-5-16/h1-7,11-13,23,33,35H,8-10,14-15H2,(H,31,34)/t23-,26-/m1/s1. The number of β-amino-alcohol motifs (C(OH)–C–C–N with tert-alkyl or cyclic N) is 1. The quantitative estimate of drug-likeness (QED) is 0.402. The van der Waals surface area contributed by atoms with E-state index in [0.29, 0.717) is 16.5 Å². The Morgan fingerprint density at radius 1 is 1.11 bits per heavy atom. The molecule has 0 bridgehead atoms. The molecule has 1 fully saturated rings. The van der Waals surface area contributed by atoms with Crippen molar-refractivity contribution in [3.05, 3.63) is 87.9 Å². The van der Waals surface area contributed by atoms with Crippen LogP contribution in [0.3, 0.4) is 0 Å². The fourth-order valence-electron chi connectivity index (χ4n) is 4.05. The first-order valence-corrected chi connectivity index (χ1v) is 12.0. The number of anilines is 2. The van der Waals surface area contributed by atoms with Crippen molar-refractivity contribution in [3.8, 4) is 5.75 Å². The smallest absolute Gasteiger partial charge is 0.228 e. The summed E-state index contributed by atoms with van der Waals surface area (Å²) in [7, 11) is 0. The van der Waals surface area contributed by atoms with Crippen molar-refractivity contribution in [2.24, 2.45) is 0 Å². The molecule has 0 spiro atoms. The summed E-state index contributed by atoms with van der Waals surface area (Å²) in [6.07, 6.45) is -1.19. The number of hydrogen-bond acceptors (Lipinski definition) is 5. The Morgan fingerprint density at radius 3 is 2.47 bits per heavy atom. The summed E-state index contributed by atoms with van der Waals surface area (Å²) in [6.45, 7) is -0.419. The number of aliphatic hydroxyl groups excluding tert-OH is 1. The normalized spacial score (nSPS) is 19.7. The molecule has 0 aliphatic carbocycles. The van der Waals surface area contributed by atoms with E-state index in [4.69, 9.17) is 27.9 Å². The minimum Gasteiger partial charge on any atom is -0.490 e. The molecule has 1 aliphatic rings. The number of benzene rings is 3. The topological polar surface area (TPSA) is 82.0 Å². The summed E-state index contributed by atoms with van der Waals surface area (Å²) >= 11 is 11.9. The van der Waals surface area contributed by atoms with E-state index >= 15 is 0 Å². The average Bonchev–Trinajstić information content (AvgIpc) is 2.82. The minimum atomic E-state index is -1.66. The molecule has 4 rings (SSSR count). The summed E-state index contributed by atoms with van der Waals surface area (Å²) in [6, 6.07) is 15.9. The van der Waals surface area contributed by atoms with Crippen molar-refractivity contribution in [2.75, 3.05) is 29.9 Å². The van der Waals surface area contributed by atoms with Gasteiger partial charge in [-0.2, -0.15) is 0 Å². The van der Waals surface area contributed by atoms with Crippen LogP contribution < -0.4 is 15.0 Å². The number of aliphatic hydroxyl groups is 2. The summed E-state index contributed by atoms with van der Waals surface area (Å²) in [5, 5.41) is 24.6. The van der Waals surface area contributed by atoms with Crippen LogP contribution in [0.1, 0.15) is 12.0 Å². The summed E-state index contributed by atoms with van der Waals surface area (Å²) in [4.78, 5) is 13.7. The molecule has 1 amide bonds. The van der Waals surface area contributed by atoms with Crippen LogP contribution >= 0.6 is 23.2 Å². The third kappa shape index (κ3) is 6.07. The van der Waals surface area contributed by atoms with Gasteiger partial charge in [0.1, 0.15) is 29.7 Å². The lowest BCUT2D eigenvalue weighted by atomic mass is 9.89.